The van der Waals surface area contributed by atoms with Crippen LogP contribution in [-0.2, 0) is 6.61 Å². The van der Waals surface area contributed by atoms with E-state index in [4.69, 9.17) is 5.11 Å². The third-order valence-corrected chi connectivity index (χ3v) is 2.18. The largest absolute Gasteiger partial charge is 0.388 e. The lowest BCUT2D eigenvalue weighted by Gasteiger charge is -1.87. The molecule has 0 aliphatic rings. The van der Waals surface area contributed by atoms with Crippen molar-refractivity contribution in [3.05, 3.63) is 23.6 Å². The lowest BCUT2D eigenvalue weighted by Crippen LogP contribution is -1.89. The van der Waals surface area contributed by atoms with Crippen molar-refractivity contribution in [1.29, 1.82) is 0 Å². The van der Waals surface area contributed by atoms with E-state index >= 15 is 0 Å². The maximum Gasteiger partial charge on any atom is 0.139 e. The van der Waals surface area contributed by atoms with Crippen molar-refractivity contribution in [2.75, 3.05) is 0 Å². The van der Waals surface area contributed by atoms with Crippen LogP contribution in [0.5, 0.6) is 0 Å². The van der Waals surface area contributed by atoms with E-state index in [1.807, 2.05) is 16.0 Å². The predicted molar refractivity (Wildman–Crippen MR) is 39.0 cm³/mol. The van der Waals surface area contributed by atoms with Crippen molar-refractivity contribution in [1.82, 2.24) is 9.38 Å². The van der Waals surface area contributed by atoms with Crippen LogP contribution in [0.3, 0.4) is 0 Å². The minimum Gasteiger partial charge on any atom is -0.388 e. The number of hydrogen-bond acceptors (Lipinski definition) is 3. The van der Waals surface area contributed by atoms with E-state index in [1.54, 1.807) is 17.5 Å². The van der Waals surface area contributed by atoms with Gasteiger partial charge in [-0.2, -0.15) is 0 Å². The molecule has 0 spiro atoms. The Balaban J connectivity index is 2.76. The first-order chi connectivity index (χ1) is 4.92. The van der Waals surface area contributed by atoms with Crippen LogP contribution in [0.4, 0.5) is 0 Å². The number of fused-ring (bicyclic) bond motifs is 1. The molecule has 1 N–H and O–H groups in total. The maximum absolute atomic E-state index is 8.76. The van der Waals surface area contributed by atoms with Gasteiger partial charge in [0.15, 0.2) is 0 Å². The van der Waals surface area contributed by atoms with Crippen molar-refractivity contribution < 1.29 is 5.11 Å². The van der Waals surface area contributed by atoms with Crippen LogP contribution in [0, 0.1) is 0 Å². The molecule has 2 aromatic rings. The smallest absolute Gasteiger partial charge is 0.139 e. The minimum absolute atomic E-state index is 0.00486. The molecule has 0 fully saturated rings. The lowest BCUT2D eigenvalue weighted by molar-refractivity contribution is 0.271. The summed E-state index contributed by atoms with van der Waals surface area (Å²) < 4.78 is 1.88. The average molecular weight is 154 g/mol. The van der Waals surface area contributed by atoms with Crippen LogP contribution < -0.4 is 0 Å². The number of nitrogens with zero attached hydrogens (tertiary/aromatic N) is 2. The summed E-state index contributed by atoms with van der Waals surface area (Å²) in [6.45, 7) is 0.00486. The van der Waals surface area contributed by atoms with Gasteiger partial charge in [-0.05, 0) is 0 Å². The van der Waals surface area contributed by atoms with Gasteiger partial charge >= 0.3 is 0 Å². The molecule has 2 rings (SSSR count). The van der Waals surface area contributed by atoms with Crippen molar-refractivity contribution in [3.8, 4) is 0 Å². The predicted octanol–water partition coefficient (Wildman–Crippen LogP) is 0.888. The molecule has 4 heteroatoms. The third-order valence-electron chi connectivity index (χ3n) is 1.38. The molecule has 52 valence electrons. The fraction of sp³-hybridized carbons (Fsp3) is 0.167. The Labute approximate surface area is 61.6 Å². The van der Waals surface area contributed by atoms with Gasteiger partial charge in [-0.1, -0.05) is 0 Å². The Morgan fingerprint density at radius 2 is 2.60 bits per heavy atom. The highest BCUT2D eigenvalue weighted by atomic mass is 32.1. The van der Waals surface area contributed by atoms with Gasteiger partial charge < -0.3 is 5.11 Å². The number of aliphatic hydroxyl groups is 1. The van der Waals surface area contributed by atoms with Gasteiger partial charge in [0, 0.05) is 11.6 Å². The first-order valence-corrected chi connectivity index (χ1v) is 3.80. The summed E-state index contributed by atoms with van der Waals surface area (Å²) in [6, 6.07) is 0. The summed E-state index contributed by atoms with van der Waals surface area (Å²) in [7, 11) is 0. The molecule has 3 nitrogen and oxygen atoms in total. The van der Waals surface area contributed by atoms with Crippen molar-refractivity contribution in [2.45, 2.75) is 6.61 Å². The minimum atomic E-state index is 0.00486. The Bertz CT molecular complexity index is 338. The number of thiazole rings is 1. The van der Waals surface area contributed by atoms with Gasteiger partial charge in [0.1, 0.15) is 17.3 Å². The van der Waals surface area contributed by atoms with Crippen LogP contribution in [0.2, 0.25) is 0 Å². The Morgan fingerprint density at radius 3 is 3.40 bits per heavy atom. The standard InChI is InChI=1S/C6H6N2OS/c9-4-5-7-3-6-8(5)1-2-10-6/h1-3,9H,4H2. The van der Waals surface area contributed by atoms with E-state index in [9.17, 15) is 0 Å². The van der Waals surface area contributed by atoms with Gasteiger partial charge in [-0.15, -0.1) is 11.3 Å². The van der Waals surface area contributed by atoms with Crippen molar-refractivity contribution >= 4 is 16.2 Å². The monoisotopic (exact) mass is 154 g/mol. The highest BCUT2D eigenvalue weighted by molar-refractivity contribution is 7.15. The molecule has 0 saturated carbocycles. The van der Waals surface area contributed by atoms with Gasteiger partial charge in [0.05, 0.1) is 6.20 Å². The topological polar surface area (TPSA) is 37.5 Å². The molecule has 0 unspecified atom stereocenters. The summed E-state index contributed by atoms with van der Waals surface area (Å²) in [4.78, 5) is 5.07. The SMILES string of the molecule is OCc1ncc2sccn12. The molecule has 0 amide bonds. The normalized spacial score (nSPS) is 10.9. The Kier molecular flexibility index (Phi) is 1.22. The lowest BCUT2D eigenvalue weighted by atomic mass is 10.6. The Hall–Kier alpha value is -0.870. The van der Waals surface area contributed by atoms with E-state index in [-0.39, 0.29) is 6.61 Å². The zero-order chi connectivity index (χ0) is 6.97. The highest BCUT2D eigenvalue weighted by Gasteiger charge is 2.00. The molecule has 0 aliphatic carbocycles. The molecular formula is C6H6N2OS. The summed E-state index contributed by atoms with van der Waals surface area (Å²) in [5.74, 6) is 0.705. The molecule has 0 radical (unpaired) electrons. The second kappa shape index (κ2) is 2.07. The van der Waals surface area contributed by atoms with Crippen LogP contribution in [0.25, 0.3) is 4.83 Å². The fourth-order valence-corrected chi connectivity index (χ4v) is 1.62. The molecular weight excluding hydrogens is 148 g/mol. The molecule has 0 bridgehead atoms. The highest BCUT2D eigenvalue weighted by Crippen LogP contribution is 2.12. The number of aliphatic hydroxyl groups excluding tert-OH is 1. The van der Waals surface area contributed by atoms with E-state index in [0.29, 0.717) is 5.82 Å². The maximum atomic E-state index is 8.76. The molecule has 0 aliphatic heterocycles. The quantitative estimate of drug-likeness (QED) is 0.662. The van der Waals surface area contributed by atoms with Crippen LogP contribution in [-0.4, -0.2) is 14.5 Å². The van der Waals surface area contributed by atoms with E-state index in [1.165, 1.54) is 0 Å². The van der Waals surface area contributed by atoms with Gasteiger partial charge in [-0.3, -0.25) is 4.40 Å². The van der Waals surface area contributed by atoms with Gasteiger partial charge in [-0.25, -0.2) is 4.98 Å². The molecule has 0 aromatic carbocycles. The summed E-state index contributed by atoms with van der Waals surface area (Å²) in [5, 5.41) is 10.7. The van der Waals surface area contributed by atoms with E-state index in [0.717, 1.165) is 4.83 Å². The van der Waals surface area contributed by atoms with Crippen molar-refractivity contribution in [3.63, 3.8) is 0 Å². The summed E-state index contributed by atoms with van der Waals surface area (Å²) in [5.41, 5.74) is 0. The molecule has 10 heavy (non-hydrogen) atoms. The fourth-order valence-electron chi connectivity index (χ4n) is 0.906. The molecule has 2 heterocycles. The van der Waals surface area contributed by atoms with Gasteiger partial charge in [0.25, 0.3) is 0 Å². The molecule has 0 saturated heterocycles. The van der Waals surface area contributed by atoms with E-state index in [2.05, 4.69) is 4.98 Å². The van der Waals surface area contributed by atoms with Crippen molar-refractivity contribution in [2.24, 2.45) is 0 Å². The zero-order valence-corrected chi connectivity index (χ0v) is 6.01. The van der Waals surface area contributed by atoms with Crippen LogP contribution in [0.1, 0.15) is 5.82 Å². The van der Waals surface area contributed by atoms with E-state index < -0.39 is 0 Å². The Morgan fingerprint density at radius 1 is 1.70 bits per heavy atom. The first kappa shape index (κ1) is 5.88. The van der Waals surface area contributed by atoms with Crippen LogP contribution >= 0.6 is 11.3 Å². The number of imidazole rings is 1. The average Bonchev–Trinajstić information content (AvgIpc) is 2.44. The summed E-state index contributed by atoms with van der Waals surface area (Å²) in [6.07, 6.45) is 3.66. The van der Waals surface area contributed by atoms with Gasteiger partial charge in [0.2, 0.25) is 0 Å². The molecule has 2 aromatic heterocycles. The number of hydrogen-bond donors (Lipinski definition) is 1. The third kappa shape index (κ3) is 0.661. The zero-order valence-electron chi connectivity index (χ0n) is 5.19. The second-order valence-corrected chi connectivity index (χ2v) is 2.87. The molecule has 0 atom stereocenters. The number of aromatic nitrogens is 2. The first-order valence-electron chi connectivity index (χ1n) is 2.92. The van der Waals surface area contributed by atoms with Crippen LogP contribution in [0.15, 0.2) is 17.8 Å². The number of rotatable bonds is 1. The second-order valence-electron chi connectivity index (χ2n) is 1.94. The summed E-state index contributed by atoms with van der Waals surface area (Å²) >= 11 is 1.61.